The number of likely N-dealkylation sites (tertiary alicyclic amines) is 1. The van der Waals surface area contributed by atoms with Crippen LogP contribution in [0.15, 0.2) is 12.3 Å². The predicted molar refractivity (Wildman–Crippen MR) is 97.6 cm³/mol. The second-order valence-corrected chi connectivity index (χ2v) is 8.28. The molecule has 0 N–H and O–H groups in total. The Bertz CT molecular complexity index is 698. The molecule has 1 atom stereocenters. The van der Waals surface area contributed by atoms with Crippen molar-refractivity contribution in [1.29, 1.82) is 0 Å². The summed E-state index contributed by atoms with van der Waals surface area (Å²) >= 11 is 0. The number of rotatable bonds is 3. The van der Waals surface area contributed by atoms with Gasteiger partial charge < -0.3 is 9.80 Å². The van der Waals surface area contributed by atoms with Crippen LogP contribution >= 0.6 is 0 Å². The molecule has 1 spiro atoms. The zero-order valence-electron chi connectivity index (χ0n) is 15.9. The first-order valence-corrected chi connectivity index (χ1v) is 9.75. The van der Waals surface area contributed by atoms with Gasteiger partial charge >= 0.3 is 0 Å². The number of hydrogen-bond acceptors (Lipinski definition) is 4. The molecule has 142 valence electrons. The molecule has 7 nitrogen and oxygen atoms in total. The van der Waals surface area contributed by atoms with Gasteiger partial charge in [-0.05, 0) is 44.7 Å². The van der Waals surface area contributed by atoms with E-state index in [9.17, 15) is 9.59 Å². The third-order valence-electron chi connectivity index (χ3n) is 6.40. The number of aromatic nitrogens is 2. The average molecular weight is 359 g/mol. The van der Waals surface area contributed by atoms with Crippen LogP contribution in [0, 0.1) is 5.92 Å². The van der Waals surface area contributed by atoms with Crippen LogP contribution in [0.1, 0.15) is 42.6 Å². The van der Waals surface area contributed by atoms with Gasteiger partial charge in [-0.3, -0.25) is 19.2 Å². The number of aryl methyl sites for hydroxylation is 1. The molecule has 0 unspecified atom stereocenters. The minimum atomic E-state index is -0.101. The number of hydrogen-bond donors (Lipinski definition) is 0. The number of piperazine rings is 1. The molecular weight excluding hydrogens is 330 g/mol. The van der Waals surface area contributed by atoms with E-state index in [-0.39, 0.29) is 17.4 Å². The third kappa shape index (κ3) is 3.37. The quantitative estimate of drug-likeness (QED) is 0.807. The SMILES string of the molecule is CN1CCN(C(=O)c2ccn(C)n2)C[C@@]12CCC(=O)N(CC1CC1)CC2. The lowest BCUT2D eigenvalue weighted by Gasteiger charge is -2.49. The molecule has 2 aliphatic heterocycles. The van der Waals surface area contributed by atoms with Crippen molar-refractivity contribution in [1.82, 2.24) is 24.5 Å². The summed E-state index contributed by atoms with van der Waals surface area (Å²) in [5.74, 6) is 1.01. The van der Waals surface area contributed by atoms with Gasteiger partial charge in [-0.25, -0.2) is 0 Å². The van der Waals surface area contributed by atoms with Crippen molar-refractivity contribution in [3.05, 3.63) is 18.0 Å². The maximum atomic E-state index is 12.9. The van der Waals surface area contributed by atoms with Crippen LogP contribution < -0.4 is 0 Å². The molecule has 1 saturated carbocycles. The van der Waals surface area contributed by atoms with Gasteiger partial charge in [0.25, 0.3) is 5.91 Å². The number of likely N-dealkylation sites (N-methyl/N-ethyl adjacent to an activating group) is 1. The van der Waals surface area contributed by atoms with Crippen LogP contribution in [0.25, 0.3) is 0 Å². The molecule has 0 aromatic carbocycles. The lowest BCUT2D eigenvalue weighted by Crippen LogP contribution is -2.62. The maximum Gasteiger partial charge on any atom is 0.274 e. The molecule has 2 saturated heterocycles. The molecule has 3 aliphatic rings. The molecule has 4 rings (SSSR count). The molecule has 0 radical (unpaired) electrons. The Morgan fingerprint density at radius 3 is 2.73 bits per heavy atom. The van der Waals surface area contributed by atoms with Crippen molar-refractivity contribution in [2.24, 2.45) is 13.0 Å². The van der Waals surface area contributed by atoms with E-state index in [2.05, 4.69) is 21.9 Å². The van der Waals surface area contributed by atoms with Crippen molar-refractivity contribution in [3.8, 4) is 0 Å². The average Bonchev–Trinajstić information content (AvgIpc) is 3.37. The summed E-state index contributed by atoms with van der Waals surface area (Å²) in [7, 11) is 3.97. The van der Waals surface area contributed by atoms with Gasteiger partial charge in [-0.2, -0.15) is 5.10 Å². The fraction of sp³-hybridized carbons (Fsp3) is 0.737. The molecule has 3 fully saturated rings. The fourth-order valence-electron chi connectivity index (χ4n) is 4.36. The largest absolute Gasteiger partial charge is 0.342 e. The number of carbonyl (C=O) groups excluding carboxylic acids is 2. The first-order valence-electron chi connectivity index (χ1n) is 9.75. The summed E-state index contributed by atoms with van der Waals surface area (Å²) in [6.45, 7) is 3.98. The van der Waals surface area contributed by atoms with E-state index in [1.807, 2.05) is 11.9 Å². The van der Waals surface area contributed by atoms with Gasteiger partial charge in [0.15, 0.2) is 0 Å². The van der Waals surface area contributed by atoms with Crippen molar-refractivity contribution < 1.29 is 9.59 Å². The molecular formula is C19H29N5O2. The topological polar surface area (TPSA) is 61.7 Å². The van der Waals surface area contributed by atoms with E-state index < -0.39 is 0 Å². The molecule has 2 amide bonds. The Kier molecular flexibility index (Phi) is 4.50. The molecule has 26 heavy (non-hydrogen) atoms. The highest BCUT2D eigenvalue weighted by atomic mass is 16.2. The van der Waals surface area contributed by atoms with E-state index in [4.69, 9.17) is 0 Å². The molecule has 3 heterocycles. The summed E-state index contributed by atoms with van der Waals surface area (Å²) < 4.78 is 1.67. The highest BCUT2D eigenvalue weighted by Gasteiger charge is 2.44. The monoisotopic (exact) mass is 359 g/mol. The summed E-state index contributed by atoms with van der Waals surface area (Å²) in [6, 6.07) is 1.78. The van der Waals surface area contributed by atoms with Crippen LogP contribution in [0.2, 0.25) is 0 Å². The smallest absolute Gasteiger partial charge is 0.274 e. The third-order valence-corrected chi connectivity index (χ3v) is 6.40. The Morgan fingerprint density at radius 1 is 1.23 bits per heavy atom. The Morgan fingerprint density at radius 2 is 2.04 bits per heavy atom. The summed E-state index contributed by atoms with van der Waals surface area (Å²) in [4.78, 5) is 31.8. The predicted octanol–water partition coefficient (Wildman–Crippen LogP) is 0.969. The Labute approximate surface area is 154 Å². The van der Waals surface area contributed by atoms with Crippen LogP contribution in [0.3, 0.4) is 0 Å². The highest BCUT2D eigenvalue weighted by Crippen LogP contribution is 2.35. The van der Waals surface area contributed by atoms with Crippen molar-refractivity contribution in [3.63, 3.8) is 0 Å². The van der Waals surface area contributed by atoms with Crippen LogP contribution in [0.5, 0.6) is 0 Å². The highest BCUT2D eigenvalue weighted by molar-refractivity contribution is 5.92. The second-order valence-electron chi connectivity index (χ2n) is 8.28. The van der Waals surface area contributed by atoms with Crippen LogP contribution in [-0.4, -0.2) is 81.6 Å². The minimum Gasteiger partial charge on any atom is -0.342 e. The molecule has 1 aromatic heterocycles. The molecule has 1 aromatic rings. The Hall–Kier alpha value is -1.89. The molecule has 7 heteroatoms. The molecule has 1 aliphatic carbocycles. The summed E-state index contributed by atoms with van der Waals surface area (Å²) in [5, 5.41) is 4.27. The fourth-order valence-corrected chi connectivity index (χ4v) is 4.36. The molecule has 0 bridgehead atoms. The lowest BCUT2D eigenvalue weighted by molar-refractivity contribution is -0.130. The van der Waals surface area contributed by atoms with Gasteiger partial charge in [0.1, 0.15) is 5.69 Å². The zero-order chi connectivity index (χ0) is 18.3. The minimum absolute atomic E-state index is 0.00323. The van der Waals surface area contributed by atoms with Gasteiger partial charge in [0, 0.05) is 57.9 Å². The van der Waals surface area contributed by atoms with E-state index in [0.717, 1.165) is 38.4 Å². The number of amides is 2. The standard InChI is InChI=1S/C19H29N5O2/c1-21-11-12-24(18(26)16-6-9-22(2)20-16)14-19(21)7-5-17(25)23(10-8-19)13-15-3-4-15/h6,9,15H,3-5,7-8,10-14H2,1-2H3/t19-/m0/s1. The number of carbonyl (C=O) groups is 2. The summed E-state index contributed by atoms with van der Waals surface area (Å²) in [6.07, 6.45) is 6.69. The zero-order valence-corrected chi connectivity index (χ0v) is 15.9. The van der Waals surface area contributed by atoms with E-state index >= 15 is 0 Å². The van der Waals surface area contributed by atoms with Crippen molar-refractivity contribution in [2.45, 2.75) is 37.6 Å². The van der Waals surface area contributed by atoms with Crippen molar-refractivity contribution >= 4 is 11.8 Å². The van der Waals surface area contributed by atoms with Gasteiger partial charge in [0.05, 0.1) is 0 Å². The second kappa shape index (κ2) is 6.68. The van der Waals surface area contributed by atoms with Gasteiger partial charge in [-0.1, -0.05) is 0 Å². The van der Waals surface area contributed by atoms with E-state index in [0.29, 0.717) is 25.2 Å². The summed E-state index contributed by atoms with van der Waals surface area (Å²) in [5.41, 5.74) is 0.406. The normalized spacial score (nSPS) is 27.8. The Balaban J connectivity index is 1.48. The maximum absolute atomic E-state index is 12.9. The van der Waals surface area contributed by atoms with Gasteiger partial charge in [0.2, 0.25) is 5.91 Å². The van der Waals surface area contributed by atoms with Crippen LogP contribution in [-0.2, 0) is 11.8 Å². The van der Waals surface area contributed by atoms with Gasteiger partial charge in [-0.15, -0.1) is 0 Å². The van der Waals surface area contributed by atoms with Crippen molar-refractivity contribution in [2.75, 3.05) is 39.8 Å². The van der Waals surface area contributed by atoms with E-state index in [1.54, 1.807) is 16.9 Å². The lowest BCUT2D eigenvalue weighted by atomic mass is 9.86. The number of nitrogens with zero attached hydrogens (tertiary/aromatic N) is 5. The van der Waals surface area contributed by atoms with E-state index in [1.165, 1.54) is 12.8 Å². The van der Waals surface area contributed by atoms with Crippen LogP contribution in [0.4, 0.5) is 0 Å². The first kappa shape index (κ1) is 17.5. The first-order chi connectivity index (χ1) is 12.5.